The van der Waals surface area contributed by atoms with Crippen molar-refractivity contribution in [2.45, 2.75) is 27.7 Å². The molecular weight excluding hydrogens is 351 g/mol. The third-order valence-electron chi connectivity index (χ3n) is 7.60. The predicted octanol–water partition coefficient (Wildman–Crippen LogP) is 4.77. The molecular formula is C26H21BN2. The average Bonchev–Trinajstić information content (AvgIpc) is 3.16. The first kappa shape index (κ1) is 15.7. The van der Waals surface area contributed by atoms with Crippen LogP contribution in [0.1, 0.15) is 22.5 Å². The first-order valence-corrected chi connectivity index (χ1v) is 10.4. The Morgan fingerprint density at radius 1 is 0.655 bits per heavy atom. The standard InChI is InChI=1S/C26H21BN2/c1-14-16(3)28-23-11-6-5-10-22(23)27-24-20(13-12-19(14)26(24)28)21-9-7-8-18-15(2)17(4)29(27)25(18)21/h5-13H,1-4H3. The second kappa shape index (κ2) is 4.86. The van der Waals surface area contributed by atoms with E-state index in [0.717, 1.165) is 0 Å². The number of fused-ring (bicyclic) bond motifs is 5. The Labute approximate surface area is 170 Å². The molecule has 138 valence electrons. The molecule has 5 aromatic rings. The van der Waals surface area contributed by atoms with Gasteiger partial charge in [0.1, 0.15) is 0 Å². The Bertz CT molecular complexity index is 1550. The molecule has 4 heterocycles. The molecule has 0 radical (unpaired) electrons. The van der Waals surface area contributed by atoms with Gasteiger partial charge in [0.15, 0.2) is 0 Å². The van der Waals surface area contributed by atoms with Crippen LogP contribution < -0.4 is 10.9 Å². The maximum absolute atomic E-state index is 2.61. The molecule has 0 atom stereocenters. The lowest BCUT2D eigenvalue weighted by Crippen LogP contribution is -2.55. The lowest BCUT2D eigenvalue weighted by atomic mass is 9.45. The van der Waals surface area contributed by atoms with E-state index in [4.69, 9.17) is 0 Å². The van der Waals surface area contributed by atoms with E-state index in [1.165, 1.54) is 72.1 Å². The van der Waals surface area contributed by atoms with E-state index >= 15 is 0 Å². The zero-order chi connectivity index (χ0) is 19.6. The fourth-order valence-electron chi connectivity index (χ4n) is 6.03. The summed E-state index contributed by atoms with van der Waals surface area (Å²) >= 11 is 0. The van der Waals surface area contributed by atoms with Crippen LogP contribution in [-0.2, 0) is 0 Å². The van der Waals surface area contributed by atoms with Crippen molar-refractivity contribution in [1.82, 2.24) is 9.05 Å². The van der Waals surface area contributed by atoms with E-state index in [9.17, 15) is 0 Å². The molecule has 0 saturated heterocycles. The molecule has 3 aromatic carbocycles. The number of rotatable bonds is 0. The van der Waals surface area contributed by atoms with Gasteiger partial charge >= 0.3 is 6.85 Å². The van der Waals surface area contributed by atoms with Gasteiger partial charge < -0.3 is 9.05 Å². The van der Waals surface area contributed by atoms with Crippen molar-refractivity contribution in [3.63, 3.8) is 0 Å². The third kappa shape index (κ3) is 1.56. The second-order valence-electron chi connectivity index (χ2n) is 8.71. The lowest BCUT2D eigenvalue weighted by Gasteiger charge is -2.34. The van der Waals surface area contributed by atoms with Crippen LogP contribution in [0.2, 0.25) is 0 Å². The number of para-hydroxylation sites is 2. The van der Waals surface area contributed by atoms with Gasteiger partial charge in [0.2, 0.25) is 0 Å². The largest absolute Gasteiger partial charge is 0.379 e. The highest BCUT2D eigenvalue weighted by atomic mass is 15.0. The van der Waals surface area contributed by atoms with Crippen molar-refractivity contribution in [3.05, 3.63) is 77.1 Å². The summed E-state index contributed by atoms with van der Waals surface area (Å²) in [7, 11) is 0. The highest BCUT2D eigenvalue weighted by molar-refractivity contribution is 6.89. The number of aromatic nitrogens is 2. The summed E-state index contributed by atoms with van der Waals surface area (Å²) in [6.07, 6.45) is 0. The Morgan fingerprint density at radius 2 is 1.41 bits per heavy atom. The summed E-state index contributed by atoms with van der Waals surface area (Å²) in [5.74, 6) is 0. The van der Waals surface area contributed by atoms with E-state index in [2.05, 4.69) is 91.3 Å². The Hall–Kier alpha value is -3.20. The van der Waals surface area contributed by atoms with Gasteiger partial charge in [-0.15, -0.1) is 0 Å². The molecule has 7 rings (SSSR count). The van der Waals surface area contributed by atoms with Gasteiger partial charge in [-0.25, -0.2) is 0 Å². The molecule has 0 bridgehead atoms. The van der Waals surface area contributed by atoms with Crippen LogP contribution in [0, 0.1) is 27.7 Å². The van der Waals surface area contributed by atoms with Gasteiger partial charge in [-0.3, -0.25) is 0 Å². The molecule has 29 heavy (non-hydrogen) atoms. The summed E-state index contributed by atoms with van der Waals surface area (Å²) < 4.78 is 5.12. The average molecular weight is 372 g/mol. The molecule has 0 spiro atoms. The zero-order valence-electron chi connectivity index (χ0n) is 17.2. The molecule has 0 unspecified atom stereocenters. The Morgan fingerprint density at radius 3 is 2.28 bits per heavy atom. The van der Waals surface area contributed by atoms with E-state index in [0.29, 0.717) is 0 Å². The molecule has 0 amide bonds. The topological polar surface area (TPSA) is 9.86 Å². The van der Waals surface area contributed by atoms with Crippen LogP contribution in [0.3, 0.4) is 0 Å². The Balaban J connectivity index is 1.82. The van der Waals surface area contributed by atoms with E-state index < -0.39 is 0 Å². The van der Waals surface area contributed by atoms with Crippen molar-refractivity contribution in [1.29, 1.82) is 0 Å². The SMILES string of the molecule is Cc1c(C)n2c3c(cccc13)-c1ccc3c(C)c(C)n4c3c1B2c1ccccc1-4. The van der Waals surface area contributed by atoms with E-state index in [-0.39, 0.29) is 6.85 Å². The minimum atomic E-state index is 0.234. The van der Waals surface area contributed by atoms with Crippen LogP contribution in [-0.4, -0.2) is 15.9 Å². The van der Waals surface area contributed by atoms with Gasteiger partial charge in [-0.1, -0.05) is 48.5 Å². The minimum Gasteiger partial charge on any atom is -0.379 e. The highest BCUT2D eigenvalue weighted by Gasteiger charge is 2.41. The zero-order valence-corrected chi connectivity index (χ0v) is 17.2. The van der Waals surface area contributed by atoms with Crippen molar-refractivity contribution in [2.75, 3.05) is 0 Å². The van der Waals surface area contributed by atoms with Crippen LogP contribution in [0.15, 0.2) is 54.6 Å². The van der Waals surface area contributed by atoms with Crippen LogP contribution in [0.5, 0.6) is 0 Å². The number of benzene rings is 3. The minimum absolute atomic E-state index is 0.234. The molecule has 2 aliphatic heterocycles. The number of nitrogens with zero attached hydrogens (tertiary/aromatic N) is 2. The van der Waals surface area contributed by atoms with Crippen molar-refractivity contribution in [3.8, 4) is 16.8 Å². The maximum Gasteiger partial charge on any atom is 0.332 e. The number of aryl methyl sites for hydroxylation is 2. The number of hydrogen-bond acceptors (Lipinski definition) is 0. The van der Waals surface area contributed by atoms with Gasteiger partial charge in [0.25, 0.3) is 0 Å². The highest BCUT2D eigenvalue weighted by Crippen LogP contribution is 2.41. The second-order valence-corrected chi connectivity index (χ2v) is 8.71. The first-order valence-electron chi connectivity index (χ1n) is 10.4. The monoisotopic (exact) mass is 372 g/mol. The maximum atomic E-state index is 2.61. The molecule has 2 aliphatic rings. The summed E-state index contributed by atoms with van der Waals surface area (Å²) in [6.45, 7) is 9.33. The summed E-state index contributed by atoms with van der Waals surface area (Å²) in [6, 6.07) is 20.5. The van der Waals surface area contributed by atoms with Gasteiger partial charge in [0.05, 0.1) is 5.52 Å². The lowest BCUT2D eigenvalue weighted by molar-refractivity contribution is 1.04. The van der Waals surface area contributed by atoms with Crippen LogP contribution >= 0.6 is 0 Å². The first-order chi connectivity index (χ1) is 14.1. The fourth-order valence-corrected chi connectivity index (χ4v) is 6.03. The molecule has 2 nitrogen and oxygen atoms in total. The molecule has 0 N–H and O–H groups in total. The van der Waals surface area contributed by atoms with E-state index in [1.54, 1.807) is 0 Å². The third-order valence-corrected chi connectivity index (χ3v) is 7.60. The smallest absolute Gasteiger partial charge is 0.332 e. The quantitative estimate of drug-likeness (QED) is 0.340. The van der Waals surface area contributed by atoms with Crippen molar-refractivity contribution in [2.24, 2.45) is 0 Å². The van der Waals surface area contributed by atoms with Gasteiger partial charge in [-0.05, 0) is 61.4 Å². The molecule has 3 heteroatoms. The van der Waals surface area contributed by atoms with Gasteiger partial charge in [0, 0.05) is 38.9 Å². The van der Waals surface area contributed by atoms with Crippen LogP contribution in [0.4, 0.5) is 0 Å². The van der Waals surface area contributed by atoms with Crippen molar-refractivity contribution >= 4 is 39.6 Å². The normalized spacial score (nSPS) is 13.4. The molecule has 2 aromatic heterocycles. The van der Waals surface area contributed by atoms with Gasteiger partial charge in [-0.2, -0.15) is 0 Å². The fraction of sp³-hybridized carbons (Fsp3) is 0.154. The Kier molecular flexibility index (Phi) is 2.63. The molecule has 0 saturated carbocycles. The predicted molar refractivity (Wildman–Crippen MR) is 124 cm³/mol. The van der Waals surface area contributed by atoms with E-state index in [1.807, 2.05) is 0 Å². The summed E-state index contributed by atoms with van der Waals surface area (Å²) in [5.41, 5.74) is 15.3. The van der Waals surface area contributed by atoms with Crippen molar-refractivity contribution < 1.29 is 0 Å². The number of hydrogen-bond donors (Lipinski definition) is 0. The van der Waals surface area contributed by atoms with Crippen LogP contribution in [0.25, 0.3) is 38.6 Å². The molecule has 0 fully saturated rings. The molecule has 0 aliphatic carbocycles. The summed E-state index contributed by atoms with van der Waals surface area (Å²) in [4.78, 5) is 0. The summed E-state index contributed by atoms with van der Waals surface area (Å²) in [5, 5.41) is 2.77.